The molecule has 130 valence electrons. The molecule has 2 heterocycles. The molecular weight excluding hydrogens is 343 g/mol. The second-order valence-corrected chi connectivity index (χ2v) is 4.88. The molecule has 0 radical (unpaired) electrons. The van der Waals surface area contributed by atoms with Crippen LogP contribution in [0.4, 0.5) is 13.2 Å². The summed E-state index contributed by atoms with van der Waals surface area (Å²) in [5.41, 5.74) is 1.15. The van der Waals surface area contributed by atoms with Crippen molar-refractivity contribution in [3.63, 3.8) is 0 Å². The van der Waals surface area contributed by atoms with E-state index >= 15 is 0 Å². The Hall–Kier alpha value is -3.24. The lowest BCUT2D eigenvalue weighted by atomic mass is 10.1. The maximum absolute atomic E-state index is 12.5. The summed E-state index contributed by atoms with van der Waals surface area (Å²) in [6.07, 6.45) is -3.31. The van der Waals surface area contributed by atoms with Gasteiger partial charge in [0.05, 0.1) is 13.7 Å². The van der Waals surface area contributed by atoms with Gasteiger partial charge in [-0.1, -0.05) is 29.4 Å². The van der Waals surface area contributed by atoms with Crippen molar-refractivity contribution in [1.82, 2.24) is 24.9 Å². The van der Waals surface area contributed by atoms with Crippen molar-refractivity contribution in [2.24, 2.45) is 0 Å². The molecule has 3 rings (SSSR count). The number of esters is 1. The summed E-state index contributed by atoms with van der Waals surface area (Å²) in [4.78, 5) is 18.4. The lowest BCUT2D eigenvalue weighted by molar-refractivity contribution is -0.159. The monoisotopic (exact) mass is 353 g/mol. The molecule has 0 aliphatic heterocycles. The van der Waals surface area contributed by atoms with Crippen LogP contribution in [0.15, 0.2) is 35.1 Å². The largest absolute Gasteiger partial charge is 0.471 e. The van der Waals surface area contributed by atoms with Crippen LogP contribution in [-0.4, -0.2) is 38.0 Å². The molecule has 0 aliphatic rings. The molecule has 8 nitrogen and oxygen atoms in total. The smallest absolute Gasteiger partial charge is 0.463 e. The molecule has 0 atom stereocenters. The fraction of sp³-hybridized carbons (Fsp3) is 0.214. The lowest BCUT2D eigenvalue weighted by Crippen LogP contribution is -2.06. The predicted molar refractivity (Wildman–Crippen MR) is 75.2 cm³/mol. The number of carbonyl (C=O) groups is 1. The highest BCUT2D eigenvalue weighted by Crippen LogP contribution is 2.29. The summed E-state index contributed by atoms with van der Waals surface area (Å²) < 4.78 is 47.5. The van der Waals surface area contributed by atoms with Crippen LogP contribution >= 0.6 is 0 Å². The van der Waals surface area contributed by atoms with Crippen molar-refractivity contribution in [3.05, 3.63) is 47.9 Å². The van der Waals surface area contributed by atoms with Gasteiger partial charge in [-0.15, -0.1) is 5.10 Å². The van der Waals surface area contributed by atoms with E-state index in [9.17, 15) is 18.0 Å². The van der Waals surface area contributed by atoms with Gasteiger partial charge in [0, 0.05) is 5.56 Å². The summed E-state index contributed by atoms with van der Waals surface area (Å²) in [5.74, 6) is -2.27. The first kappa shape index (κ1) is 16.6. The third-order valence-electron chi connectivity index (χ3n) is 3.13. The number of nitrogens with zero attached hydrogens (tertiary/aromatic N) is 5. The van der Waals surface area contributed by atoms with Gasteiger partial charge in [-0.05, 0) is 5.56 Å². The van der Waals surface area contributed by atoms with Crippen LogP contribution in [0.25, 0.3) is 11.4 Å². The normalized spacial score (nSPS) is 11.5. The zero-order valence-electron chi connectivity index (χ0n) is 12.7. The summed E-state index contributed by atoms with van der Waals surface area (Å²) in [7, 11) is 1.23. The van der Waals surface area contributed by atoms with Gasteiger partial charge in [0.2, 0.25) is 5.82 Å². The molecule has 0 saturated heterocycles. The molecule has 0 fully saturated rings. The maximum Gasteiger partial charge on any atom is 0.471 e. The Morgan fingerprint density at radius 3 is 2.60 bits per heavy atom. The van der Waals surface area contributed by atoms with Crippen molar-refractivity contribution in [1.29, 1.82) is 0 Å². The van der Waals surface area contributed by atoms with Crippen molar-refractivity contribution < 1.29 is 27.2 Å². The highest BCUT2D eigenvalue weighted by molar-refractivity contribution is 5.84. The Kier molecular flexibility index (Phi) is 4.21. The van der Waals surface area contributed by atoms with E-state index in [2.05, 4.69) is 29.5 Å². The van der Waals surface area contributed by atoms with Crippen LogP contribution in [0.3, 0.4) is 0 Å². The average molecular weight is 353 g/mol. The number of aromatic nitrogens is 5. The van der Waals surface area contributed by atoms with Crippen molar-refractivity contribution in [3.8, 4) is 11.4 Å². The van der Waals surface area contributed by atoms with Gasteiger partial charge in [-0.2, -0.15) is 18.2 Å². The van der Waals surface area contributed by atoms with Crippen LogP contribution in [0.5, 0.6) is 0 Å². The van der Waals surface area contributed by atoms with Gasteiger partial charge in [-0.3, -0.25) is 0 Å². The third kappa shape index (κ3) is 3.65. The second kappa shape index (κ2) is 6.34. The molecule has 0 unspecified atom stereocenters. The molecule has 11 heteroatoms. The summed E-state index contributed by atoms with van der Waals surface area (Å²) in [6.45, 7) is 0.310. The van der Waals surface area contributed by atoms with E-state index in [1.807, 2.05) is 0 Å². The molecule has 3 aromatic rings. The van der Waals surface area contributed by atoms with Gasteiger partial charge in [0.25, 0.3) is 5.82 Å². The first-order valence-corrected chi connectivity index (χ1v) is 6.85. The van der Waals surface area contributed by atoms with Gasteiger partial charge in [-0.25, -0.2) is 14.5 Å². The van der Waals surface area contributed by atoms with E-state index in [1.165, 1.54) is 18.1 Å². The van der Waals surface area contributed by atoms with Crippen molar-refractivity contribution >= 4 is 5.97 Å². The molecule has 0 saturated carbocycles. The van der Waals surface area contributed by atoms with Gasteiger partial charge in [0.1, 0.15) is 6.33 Å². The average Bonchev–Trinajstić information content (AvgIpc) is 3.24. The molecule has 0 aliphatic carbocycles. The van der Waals surface area contributed by atoms with E-state index in [0.717, 1.165) is 5.56 Å². The van der Waals surface area contributed by atoms with Gasteiger partial charge < -0.3 is 9.26 Å². The minimum Gasteiger partial charge on any atom is -0.463 e. The Morgan fingerprint density at radius 1 is 1.28 bits per heavy atom. The van der Waals surface area contributed by atoms with E-state index in [1.54, 1.807) is 24.3 Å². The molecule has 0 spiro atoms. The number of alkyl halides is 3. The number of rotatable bonds is 4. The Bertz CT molecular complexity index is 886. The number of halogens is 3. The number of methoxy groups -OCH3 is 1. The summed E-state index contributed by atoms with van der Waals surface area (Å²) >= 11 is 0. The van der Waals surface area contributed by atoms with E-state index in [0.29, 0.717) is 12.1 Å². The number of carbonyl (C=O) groups excluding carboxylic acids is 1. The topological polar surface area (TPSA) is 95.9 Å². The molecular formula is C14H10F3N5O3. The number of benzene rings is 1. The van der Waals surface area contributed by atoms with E-state index in [-0.39, 0.29) is 11.6 Å². The minimum atomic E-state index is -4.68. The zero-order chi connectivity index (χ0) is 18.0. The van der Waals surface area contributed by atoms with E-state index in [4.69, 9.17) is 0 Å². The summed E-state index contributed by atoms with van der Waals surface area (Å²) in [5, 5.41) is 7.27. The minimum absolute atomic E-state index is 0.0643. The third-order valence-corrected chi connectivity index (χ3v) is 3.13. The van der Waals surface area contributed by atoms with Gasteiger partial charge >= 0.3 is 18.0 Å². The molecule has 25 heavy (non-hydrogen) atoms. The number of ether oxygens (including phenoxy) is 1. The first-order chi connectivity index (χ1) is 11.9. The molecule has 1 aromatic carbocycles. The second-order valence-electron chi connectivity index (χ2n) is 4.88. The van der Waals surface area contributed by atoms with Crippen LogP contribution in [0.1, 0.15) is 22.1 Å². The van der Waals surface area contributed by atoms with Crippen molar-refractivity contribution in [2.45, 2.75) is 12.7 Å². The number of hydrogen-bond donors (Lipinski definition) is 0. The Morgan fingerprint density at radius 2 is 2.00 bits per heavy atom. The van der Waals surface area contributed by atoms with Crippen LogP contribution in [0.2, 0.25) is 0 Å². The van der Waals surface area contributed by atoms with Gasteiger partial charge in [0.15, 0.2) is 0 Å². The number of hydrogen-bond acceptors (Lipinski definition) is 7. The van der Waals surface area contributed by atoms with Crippen LogP contribution in [-0.2, 0) is 17.5 Å². The molecule has 0 bridgehead atoms. The zero-order valence-corrected chi connectivity index (χ0v) is 12.7. The van der Waals surface area contributed by atoms with Crippen LogP contribution in [0, 0.1) is 0 Å². The SMILES string of the molecule is COC(=O)c1ncn(Cc2ccc(-c3noc(C(F)(F)F)n3)cc2)n1. The Labute approximate surface area is 138 Å². The highest BCUT2D eigenvalue weighted by Gasteiger charge is 2.38. The highest BCUT2D eigenvalue weighted by atomic mass is 19.4. The quantitative estimate of drug-likeness (QED) is 0.663. The van der Waals surface area contributed by atoms with E-state index < -0.39 is 18.0 Å². The predicted octanol–water partition coefficient (Wildman–Crippen LogP) is 2.18. The molecule has 2 aromatic heterocycles. The standard InChI is InChI=1S/C14H10F3N5O3/c1-24-12(23)11-18-7-22(20-11)6-8-2-4-9(5-3-8)10-19-13(25-21-10)14(15,16)17/h2-5,7H,6H2,1H3. The van der Waals surface area contributed by atoms with Crippen LogP contribution < -0.4 is 0 Å². The summed E-state index contributed by atoms with van der Waals surface area (Å²) in [6, 6.07) is 6.44. The molecule has 0 amide bonds. The molecule has 0 N–H and O–H groups in total. The maximum atomic E-state index is 12.5. The Balaban J connectivity index is 1.73. The lowest BCUT2D eigenvalue weighted by Gasteiger charge is -2.02. The first-order valence-electron chi connectivity index (χ1n) is 6.85. The fourth-order valence-electron chi connectivity index (χ4n) is 1.96. The van der Waals surface area contributed by atoms with Crippen molar-refractivity contribution in [2.75, 3.05) is 7.11 Å². The fourth-order valence-corrected chi connectivity index (χ4v) is 1.96.